The van der Waals surface area contributed by atoms with Crippen molar-refractivity contribution in [3.63, 3.8) is 0 Å². The maximum Gasteiger partial charge on any atom is 0.472 e. The Labute approximate surface area is 530 Å². The van der Waals surface area contributed by atoms with Gasteiger partial charge in [0.05, 0.1) is 26.4 Å². The quantitative estimate of drug-likeness (QED) is 0.0222. The van der Waals surface area contributed by atoms with Crippen molar-refractivity contribution in [1.82, 2.24) is 0 Å². The lowest BCUT2D eigenvalue weighted by Crippen LogP contribution is -2.30. The first-order chi connectivity index (χ1) is 41.6. The molecule has 0 aromatic carbocycles. The zero-order valence-electron chi connectivity index (χ0n) is 56.6. The zero-order chi connectivity index (χ0) is 64.7. The Morgan fingerprint density at radius 3 is 0.816 bits per heavy atom. The summed E-state index contributed by atoms with van der Waals surface area (Å²) in [6, 6.07) is 0. The van der Waals surface area contributed by atoms with E-state index in [0.717, 1.165) is 108 Å². The largest absolute Gasteiger partial charge is 0.472 e. The van der Waals surface area contributed by atoms with Gasteiger partial charge in [0.2, 0.25) is 0 Å². The fraction of sp³-hybridized carbons (Fsp3) is 0.941. The number of phosphoric ester groups is 2. The summed E-state index contributed by atoms with van der Waals surface area (Å²) in [6.45, 7) is 14.0. The summed E-state index contributed by atoms with van der Waals surface area (Å²) in [5.74, 6) is 0.796. The molecule has 0 rings (SSSR count). The lowest BCUT2D eigenvalue weighted by Gasteiger charge is -2.21. The van der Waals surface area contributed by atoms with Gasteiger partial charge in [0.1, 0.15) is 19.3 Å². The number of hydrogen-bond acceptors (Lipinski definition) is 15. The third kappa shape index (κ3) is 61.3. The van der Waals surface area contributed by atoms with Crippen LogP contribution in [0.2, 0.25) is 0 Å². The number of esters is 4. The van der Waals surface area contributed by atoms with Crippen LogP contribution >= 0.6 is 15.6 Å². The lowest BCUT2D eigenvalue weighted by atomic mass is 10.00. The number of aliphatic hydroxyl groups is 1. The lowest BCUT2D eigenvalue weighted by molar-refractivity contribution is -0.161. The van der Waals surface area contributed by atoms with Crippen LogP contribution in [-0.4, -0.2) is 96.7 Å². The number of aliphatic hydroxyl groups excluding tert-OH is 1. The number of hydrogen-bond donors (Lipinski definition) is 3. The average Bonchev–Trinajstić information content (AvgIpc) is 3.65. The molecule has 87 heavy (non-hydrogen) atoms. The molecular weight excluding hydrogens is 1150 g/mol. The Bertz CT molecular complexity index is 1730. The first kappa shape index (κ1) is 85.1. The summed E-state index contributed by atoms with van der Waals surface area (Å²) in [5.41, 5.74) is 0. The van der Waals surface area contributed by atoms with E-state index in [2.05, 4.69) is 55.4 Å². The van der Waals surface area contributed by atoms with Gasteiger partial charge in [-0.15, -0.1) is 0 Å². The summed E-state index contributed by atoms with van der Waals surface area (Å²) in [7, 11) is -9.90. The average molecular weight is 1280 g/mol. The first-order valence-electron chi connectivity index (χ1n) is 35.2. The Hall–Kier alpha value is -1.94. The van der Waals surface area contributed by atoms with Crippen molar-refractivity contribution < 1.29 is 80.2 Å². The van der Waals surface area contributed by atoms with E-state index in [0.29, 0.717) is 31.6 Å². The van der Waals surface area contributed by atoms with Crippen LogP contribution < -0.4 is 0 Å². The Morgan fingerprint density at radius 1 is 0.322 bits per heavy atom. The summed E-state index contributed by atoms with van der Waals surface area (Å²) >= 11 is 0. The maximum atomic E-state index is 13.0. The van der Waals surface area contributed by atoms with Crippen molar-refractivity contribution in [2.24, 2.45) is 23.7 Å². The monoisotopic (exact) mass is 1280 g/mol. The zero-order valence-corrected chi connectivity index (χ0v) is 58.4. The van der Waals surface area contributed by atoms with E-state index in [-0.39, 0.29) is 25.7 Å². The molecule has 6 atom stereocenters. The third-order valence-electron chi connectivity index (χ3n) is 15.9. The summed E-state index contributed by atoms with van der Waals surface area (Å²) in [6.07, 6.45) is 39.1. The highest BCUT2D eigenvalue weighted by Gasteiger charge is 2.30. The van der Waals surface area contributed by atoms with E-state index in [9.17, 15) is 43.2 Å². The van der Waals surface area contributed by atoms with Crippen molar-refractivity contribution >= 4 is 39.5 Å². The predicted octanol–water partition coefficient (Wildman–Crippen LogP) is 18.9. The standard InChI is InChI=1S/C68H132O17P2/c1-9-61(8)47-39-31-26-27-35-43-51-68(73)85-64(55-78-65(70)48-40-32-23-16-14-12-10-11-13-15-20-28-36-44-58(2)3)57-83-87(76,77)81-53-62(69)52-80-86(74,75)82-56-63(84-67(72)50-42-34-25-19-22-30-38-46-60(6)7)54-79-66(71)49-41-33-24-18-17-21-29-37-45-59(4)5/h58-64,69H,9-57H2,1-8H3,(H,74,75)(H,76,77)/t61?,62?,63-,64-/m1/s1. The summed E-state index contributed by atoms with van der Waals surface area (Å²) < 4.78 is 68.1. The molecule has 0 aromatic rings. The Balaban J connectivity index is 5.21. The van der Waals surface area contributed by atoms with Gasteiger partial charge in [-0.3, -0.25) is 37.3 Å². The van der Waals surface area contributed by atoms with E-state index in [1.54, 1.807) is 0 Å². The van der Waals surface area contributed by atoms with Gasteiger partial charge in [0.25, 0.3) is 0 Å². The molecule has 17 nitrogen and oxygen atoms in total. The molecule has 0 aromatic heterocycles. The molecule has 0 spiro atoms. The predicted molar refractivity (Wildman–Crippen MR) is 349 cm³/mol. The molecule has 0 bridgehead atoms. The molecule has 0 aliphatic carbocycles. The molecule has 0 amide bonds. The fourth-order valence-electron chi connectivity index (χ4n) is 10.1. The van der Waals surface area contributed by atoms with Crippen molar-refractivity contribution in [1.29, 1.82) is 0 Å². The summed E-state index contributed by atoms with van der Waals surface area (Å²) in [5, 5.41) is 10.6. The molecule has 3 N–H and O–H groups in total. The SMILES string of the molecule is CCC(C)CCCCCCCCC(=O)O[C@H](COC(=O)CCCCCCCCCCCCCCCC(C)C)COP(=O)(O)OCC(O)COP(=O)(O)OC[C@@H](COC(=O)CCCCCCCCCCC(C)C)OC(=O)CCCCCCCCCC(C)C. The molecule has 0 saturated carbocycles. The van der Waals surface area contributed by atoms with Crippen molar-refractivity contribution in [3.05, 3.63) is 0 Å². The fourth-order valence-corrected chi connectivity index (χ4v) is 11.7. The van der Waals surface area contributed by atoms with Crippen molar-refractivity contribution in [2.75, 3.05) is 39.6 Å². The second-order valence-electron chi connectivity index (χ2n) is 26.2. The minimum atomic E-state index is -4.95. The van der Waals surface area contributed by atoms with Crippen LogP contribution in [-0.2, 0) is 65.4 Å². The van der Waals surface area contributed by atoms with Crippen LogP contribution in [0.1, 0.15) is 331 Å². The smallest absolute Gasteiger partial charge is 0.462 e. The van der Waals surface area contributed by atoms with Crippen LogP contribution in [0.4, 0.5) is 0 Å². The number of phosphoric acid groups is 2. The van der Waals surface area contributed by atoms with E-state index in [4.69, 9.17) is 37.0 Å². The van der Waals surface area contributed by atoms with Gasteiger partial charge in [-0.2, -0.15) is 0 Å². The minimum absolute atomic E-state index is 0.102. The van der Waals surface area contributed by atoms with Crippen LogP contribution in [0.5, 0.6) is 0 Å². The molecule has 0 aliphatic heterocycles. The highest BCUT2D eigenvalue weighted by molar-refractivity contribution is 7.47. The number of ether oxygens (including phenoxy) is 4. The van der Waals surface area contributed by atoms with Crippen LogP contribution in [0, 0.1) is 23.7 Å². The molecule has 0 radical (unpaired) electrons. The molecule has 516 valence electrons. The number of carbonyl (C=O) groups is 4. The van der Waals surface area contributed by atoms with E-state index in [1.807, 2.05) is 0 Å². The second-order valence-corrected chi connectivity index (χ2v) is 29.1. The molecule has 0 fully saturated rings. The number of rotatable bonds is 65. The van der Waals surface area contributed by atoms with Gasteiger partial charge in [0.15, 0.2) is 12.2 Å². The molecule has 0 aliphatic rings. The molecule has 4 unspecified atom stereocenters. The minimum Gasteiger partial charge on any atom is -0.462 e. The summed E-state index contributed by atoms with van der Waals surface area (Å²) in [4.78, 5) is 72.4. The van der Waals surface area contributed by atoms with Crippen LogP contribution in [0.25, 0.3) is 0 Å². The topological polar surface area (TPSA) is 237 Å². The van der Waals surface area contributed by atoms with Crippen molar-refractivity contribution in [3.8, 4) is 0 Å². The van der Waals surface area contributed by atoms with Gasteiger partial charge < -0.3 is 33.8 Å². The van der Waals surface area contributed by atoms with Crippen LogP contribution in [0.3, 0.4) is 0 Å². The third-order valence-corrected chi connectivity index (χ3v) is 17.8. The number of carbonyl (C=O) groups excluding carboxylic acids is 4. The van der Waals surface area contributed by atoms with E-state index < -0.39 is 97.5 Å². The molecule has 0 saturated heterocycles. The number of unbranched alkanes of at least 4 members (excludes halogenated alkanes) is 30. The second kappa shape index (κ2) is 57.9. The highest BCUT2D eigenvalue weighted by Crippen LogP contribution is 2.45. The van der Waals surface area contributed by atoms with Gasteiger partial charge in [-0.1, -0.05) is 280 Å². The normalized spacial score (nSPS) is 14.6. The van der Waals surface area contributed by atoms with E-state index >= 15 is 0 Å². The van der Waals surface area contributed by atoms with Crippen molar-refractivity contribution in [2.45, 2.75) is 350 Å². The van der Waals surface area contributed by atoms with Gasteiger partial charge in [0, 0.05) is 25.7 Å². The molecular formula is C68H132O17P2. The maximum absolute atomic E-state index is 13.0. The van der Waals surface area contributed by atoms with Crippen LogP contribution in [0.15, 0.2) is 0 Å². The Morgan fingerprint density at radius 2 is 0.552 bits per heavy atom. The molecule has 19 heteroatoms. The van der Waals surface area contributed by atoms with Gasteiger partial charge in [-0.25, -0.2) is 9.13 Å². The Kier molecular flexibility index (Phi) is 56.6. The van der Waals surface area contributed by atoms with Gasteiger partial charge >= 0.3 is 39.5 Å². The van der Waals surface area contributed by atoms with Gasteiger partial charge in [-0.05, 0) is 49.4 Å². The first-order valence-corrected chi connectivity index (χ1v) is 38.2. The van der Waals surface area contributed by atoms with E-state index in [1.165, 1.54) is 135 Å². The highest BCUT2D eigenvalue weighted by atomic mass is 31.2. The molecule has 0 heterocycles.